The number of hydrogen-bond donors (Lipinski definition) is 3. The lowest BCUT2D eigenvalue weighted by atomic mass is 9.88. The van der Waals surface area contributed by atoms with Crippen molar-refractivity contribution in [1.29, 1.82) is 0 Å². The van der Waals surface area contributed by atoms with Crippen LogP contribution in [0.25, 0.3) is 11.6 Å². The van der Waals surface area contributed by atoms with Crippen LogP contribution in [0.2, 0.25) is 0 Å². The maximum absolute atomic E-state index is 14.3. The van der Waals surface area contributed by atoms with E-state index in [0.717, 1.165) is 22.4 Å². The van der Waals surface area contributed by atoms with Gasteiger partial charge in [0.1, 0.15) is 5.82 Å². The molecule has 3 aromatic rings. The molecule has 0 aliphatic heterocycles. The fraction of sp³-hybridized carbons (Fsp3) is 0.259. The van der Waals surface area contributed by atoms with Gasteiger partial charge in [-0.05, 0) is 70.5 Å². The zero-order chi connectivity index (χ0) is 27.4. The third kappa shape index (κ3) is 6.22. The van der Waals surface area contributed by atoms with Gasteiger partial charge in [0.25, 0.3) is 0 Å². The van der Waals surface area contributed by atoms with Gasteiger partial charge in [0, 0.05) is 12.6 Å². The number of carbonyl (C=O) groups is 1. The van der Waals surface area contributed by atoms with Crippen LogP contribution < -0.4 is 19.3 Å². The summed E-state index contributed by atoms with van der Waals surface area (Å²) in [4.78, 5) is 35.6. The second-order valence-electron chi connectivity index (χ2n) is 8.86. The molecule has 1 aromatic heterocycles. The third-order valence-electron chi connectivity index (χ3n) is 6.43. The van der Waals surface area contributed by atoms with Crippen LogP contribution in [0.4, 0.5) is 4.39 Å². The number of hydrogen-bond acceptors (Lipinski definition) is 6. The van der Waals surface area contributed by atoms with Crippen LogP contribution in [0.5, 0.6) is 17.2 Å². The summed E-state index contributed by atoms with van der Waals surface area (Å²) in [6, 6.07) is 13.1. The molecule has 0 saturated heterocycles. The Kier molecular flexibility index (Phi) is 8.16. The molecule has 1 amide bonds. The monoisotopic (exact) mass is 542 g/mol. The minimum Gasteiger partial charge on any atom is -0.493 e. The van der Waals surface area contributed by atoms with Gasteiger partial charge in [0.15, 0.2) is 11.5 Å². The number of halogens is 1. The van der Waals surface area contributed by atoms with E-state index < -0.39 is 13.6 Å². The Morgan fingerprint density at radius 1 is 1.13 bits per heavy atom. The number of rotatable bonds is 9. The maximum atomic E-state index is 14.3. The van der Waals surface area contributed by atoms with Crippen LogP contribution in [0.3, 0.4) is 0 Å². The van der Waals surface area contributed by atoms with E-state index in [1.54, 1.807) is 30.5 Å². The molecule has 38 heavy (non-hydrogen) atoms. The Morgan fingerprint density at radius 3 is 2.45 bits per heavy atom. The van der Waals surface area contributed by atoms with E-state index in [4.69, 9.17) is 14.0 Å². The number of phosphoric ester groups is 1. The van der Waals surface area contributed by atoms with Gasteiger partial charge in [-0.15, -0.1) is 0 Å². The highest BCUT2D eigenvalue weighted by molar-refractivity contribution is 7.46. The van der Waals surface area contributed by atoms with Crippen molar-refractivity contribution in [3.63, 3.8) is 0 Å². The third-order valence-corrected chi connectivity index (χ3v) is 6.85. The van der Waals surface area contributed by atoms with Gasteiger partial charge in [0.05, 0.1) is 26.5 Å². The Bertz CT molecular complexity index is 1380. The molecule has 2 atom stereocenters. The zero-order valence-corrected chi connectivity index (χ0v) is 21.9. The second kappa shape index (κ2) is 11.3. The lowest BCUT2D eigenvalue weighted by molar-refractivity contribution is -0.121. The molecule has 9 nitrogen and oxygen atoms in total. The topological polar surface area (TPSA) is 127 Å². The highest BCUT2D eigenvalue weighted by Gasteiger charge is 2.35. The van der Waals surface area contributed by atoms with Crippen molar-refractivity contribution < 1.29 is 37.5 Å². The molecule has 2 aromatic carbocycles. The Balaban J connectivity index is 1.65. The van der Waals surface area contributed by atoms with Gasteiger partial charge in [0.2, 0.25) is 11.7 Å². The van der Waals surface area contributed by atoms with Crippen LogP contribution in [0.15, 0.2) is 54.7 Å². The highest BCUT2D eigenvalue weighted by Crippen LogP contribution is 2.51. The van der Waals surface area contributed by atoms with Crippen molar-refractivity contribution in [1.82, 2.24) is 10.3 Å². The number of carbonyl (C=O) groups excluding carboxylic acids is 1. The van der Waals surface area contributed by atoms with Gasteiger partial charge >= 0.3 is 7.82 Å². The van der Waals surface area contributed by atoms with E-state index in [0.29, 0.717) is 12.1 Å². The van der Waals surface area contributed by atoms with E-state index in [-0.39, 0.29) is 41.4 Å². The predicted molar refractivity (Wildman–Crippen MR) is 139 cm³/mol. The number of fused-ring (bicyclic) bond motifs is 1. The van der Waals surface area contributed by atoms with Crippen molar-refractivity contribution in [2.45, 2.75) is 25.8 Å². The minimum atomic E-state index is -4.87. The molecule has 3 N–H and O–H groups in total. The summed E-state index contributed by atoms with van der Waals surface area (Å²) < 4.78 is 41.1. The van der Waals surface area contributed by atoms with Crippen molar-refractivity contribution in [3.8, 4) is 17.2 Å². The van der Waals surface area contributed by atoms with Gasteiger partial charge in [-0.25, -0.2) is 8.96 Å². The molecule has 0 spiro atoms. The average Bonchev–Trinajstić information content (AvgIpc) is 3.12. The van der Waals surface area contributed by atoms with Gasteiger partial charge in [-0.3, -0.25) is 19.6 Å². The molecule has 11 heteroatoms. The summed E-state index contributed by atoms with van der Waals surface area (Å²) >= 11 is 0. The number of ether oxygens (including phenoxy) is 2. The molecule has 1 aliphatic carbocycles. The number of nitrogens with one attached hydrogen (secondary N) is 1. The number of nitrogens with zero attached hydrogens (tertiary/aromatic N) is 1. The summed E-state index contributed by atoms with van der Waals surface area (Å²) in [7, 11) is -2.19. The molecule has 1 heterocycles. The SMILES string of the molecule is COc1cc(/C=C2\c3ccc(F)cc3C(CC(=O)NCc3ccccn3)C2C)cc(OC)c1OP(=O)(O)O. The Labute approximate surface area is 219 Å². The molecular formula is C27H28FN2O7P. The lowest BCUT2D eigenvalue weighted by Gasteiger charge is -2.18. The Morgan fingerprint density at radius 2 is 1.84 bits per heavy atom. The molecule has 200 valence electrons. The molecule has 0 saturated carbocycles. The molecule has 1 aliphatic rings. The molecular weight excluding hydrogens is 514 g/mol. The van der Waals surface area contributed by atoms with Crippen molar-refractivity contribution >= 4 is 25.4 Å². The summed E-state index contributed by atoms with van der Waals surface area (Å²) in [6.07, 6.45) is 3.68. The number of aromatic nitrogens is 1. The fourth-order valence-corrected chi connectivity index (χ4v) is 5.08. The zero-order valence-electron chi connectivity index (χ0n) is 21.1. The molecule has 0 radical (unpaired) electrons. The van der Waals surface area contributed by atoms with E-state index in [9.17, 15) is 23.5 Å². The summed E-state index contributed by atoms with van der Waals surface area (Å²) in [5.74, 6) is -1.07. The first-order valence-corrected chi connectivity index (χ1v) is 13.3. The van der Waals surface area contributed by atoms with E-state index in [2.05, 4.69) is 10.3 Å². The quantitative estimate of drug-likeness (QED) is 0.333. The van der Waals surface area contributed by atoms with E-state index in [1.807, 2.05) is 25.1 Å². The highest BCUT2D eigenvalue weighted by atomic mass is 31.2. The largest absolute Gasteiger partial charge is 0.525 e. The number of pyridine rings is 1. The van der Waals surface area contributed by atoms with Gasteiger partial charge in [-0.1, -0.05) is 25.1 Å². The first-order chi connectivity index (χ1) is 18.1. The number of benzene rings is 2. The molecule has 0 fully saturated rings. The normalized spacial score (nSPS) is 17.7. The van der Waals surface area contributed by atoms with E-state index in [1.165, 1.54) is 26.4 Å². The molecule has 0 bridgehead atoms. The van der Waals surface area contributed by atoms with Crippen LogP contribution in [-0.2, 0) is 15.9 Å². The standard InChI is InChI=1S/C27H28FN2O7P/c1-16-21(10-17-11-24(35-2)27(25(12-17)36-3)37-38(32,33)34)20-8-7-18(28)13-23(20)22(16)14-26(31)30-15-19-6-4-5-9-29-19/h4-13,16,22H,14-15H2,1-3H3,(H,30,31)(H2,32,33,34)/b21-10-. The molecule has 2 unspecified atom stereocenters. The summed E-state index contributed by atoms with van der Waals surface area (Å²) in [5, 5.41) is 2.89. The van der Waals surface area contributed by atoms with Crippen molar-refractivity contribution in [3.05, 3.63) is 82.9 Å². The number of allylic oxidation sites excluding steroid dienone is 1. The Hall–Kier alpha value is -3.72. The predicted octanol–water partition coefficient (Wildman–Crippen LogP) is 4.69. The first kappa shape index (κ1) is 27.3. The lowest BCUT2D eigenvalue weighted by Crippen LogP contribution is -2.25. The summed E-state index contributed by atoms with van der Waals surface area (Å²) in [5.41, 5.74) is 3.76. The van der Waals surface area contributed by atoms with E-state index >= 15 is 0 Å². The number of amides is 1. The molecule has 4 rings (SSSR count). The van der Waals surface area contributed by atoms with Crippen molar-refractivity contribution in [2.75, 3.05) is 14.2 Å². The fourth-order valence-electron chi connectivity index (χ4n) is 4.67. The average molecular weight is 543 g/mol. The summed E-state index contributed by atoms with van der Waals surface area (Å²) in [6.45, 7) is 2.27. The number of methoxy groups -OCH3 is 2. The van der Waals surface area contributed by atoms with Gasteiger partial charge < -0.3 is 19.3 Å². The second-order valence-corrected chi connectivity index (χ2v) is 10.0. The maximum Gasteiger partial charge on any atom is 0.525 e. The van der Waals surface area contributed by atoms with Crippen molar-refractivity contribution in [2.24, 2.45) is 5.92 Å². The van der Waals surface area contributed by atoms with Crippen LogP contribution in [0, 0.1) is 11.7 Å². The number of phosphoric acid groups is 1. The van der Waals surface area contributed by atoms with Crippen LogP contribution >= 0.6 is 7.82 Å². The smallest absolute Gasteiger partial charge is 0.493 e. The van der Waals surface area contributed by atoms with Crippen LogP contribution in [-0.4, -0.2) is 34.9 Å². The van der Waals surface area contributed by atoms with Gasteiger partial charge in [-0.2, -0.15) is 0 Å². The van der Waals surface area contributed by atoms with Crippen LogP contribution in [0.1, 0.15) is 41.6 Å². The minimum absolute atomic E-state index is 0.0648. The first-order valence-electron chi connectivity index (χ1n) is 11.8.